The fourth-order valence-corrected chi connectivity index (χ4v) is 1.95. The van der Waals surface area contributed by atoms with E-state index in [1.54, 1.807) is 13.1 Å². The predicted octanol–water partition coefficient (Wildman–Crippen LogP) is 2.58. The molecule has 0 aromatic carbocycles. The Kier molecular flexibility index (Phi) is 8.33. The number of guanidine groups is 1. The number of hydrogen-bond acceptors (Lipinski definition) is 6. The number of nitrogens with one attached hydrogen (secondary N) is 2. The first-order chi connectivity index (χ1) is 11.4. The molecule has 0 atom stereocenters. The smallest absolute Gasteiger partial charge is 0.228 e. The second-order valence-electron chi connectivity index (χ2n) is 6.48. The summed E-state index contributed by atoms with van der Waals surface area (Å²) in [7, 11) is 0. The fraction of sp³-hybridized carbons (Fsp3) is 0.625. The van der Waals surface area contributed by atoms with Crippen molar-refractivity contribution in [3.05, 3.63) is 29.6 Å². The molecule has 140 valence electrons. The van der Waals surface area contributed by atoms with Crippen LogP contribution in [0.5, 0.6) is 0 Å². The maximum Gasteiger partial charge on any atom is 0.228 e. The van der Waals surface area contributed by atoms with Gasteiger partial charge in [-0.05, 0) is 13.8 Å². The molecular weight excluding hydrogens is 435 g/mol. The van der Waals surface area contributed by atoms with Gasteiger partial charge in [0.2, 0.25) is 11.8 Å². The Morgan fingerprint density at radius 2 is 2.00 bits per heavy atom. The van der Waals surface area contributed by atoms with Crippen LogP contribution in [0.15, 0.2) is 20.1 Å². The van der Waals surface area contributed by atoms with E-state index in [4.69, 9.17) is 8.94 Å². The lowest BCUT2D eigenvalue weighted by Gasteiger charge is -2.13. The first-order valence-electron chi connectivity index (χ1n) is 8.15. The van der Waals surface area contributed by atoms with E-state index in [0.717, 1.165) is 12.3 Å². The van der Waals surface area contributed by atoms with Gasteiger partial charge in [0.25, 0.3) is 0 Å². The molecule has 0 aliphatic rings. The second-order valence-corrected chi connectivity index (χ2v) is 6.48. The lowest BCUT2D eigenvalue weighted by Crippen LogP contribution is -2.38. The maximum absolute atomic E-state index is 5.75. The van der Waals surface area contributed by atoms with Crippen molar-refractivity contribution in [2.24, 2.45) is 4.99 Å². The Morgan fingerprint density at radius 3 is 2.56 bits per heavy atom. The van der Waals surface area contributed by atoms with Gasteiger partial charge in [-0.15, -0.1) is 24.0 Å². The van der Waals surface area contributed by atoms with Crippen LogP contribution in [0.25, 0.3) is 0 Å². The monoisotopic (exact) mass is 462 g/mol. The zero-order valence-electron chi connectivity index (χ0n) is 15.4. The van der Waals surface area contributed by atoms with Gasteiger partial charge in [-0.25, -0.2) is 9.98 Å². The first kappa shape index (κ1) is 21.4. The molecule has 0 saturated heterocycles. The quantitative estimate of drug-likeness (QED) is 0.387. The van der Waals surface area contributed by atoms with Gasteiger partial charge in [0.15, 0.2) is 11.8 Å². The minimum Gasteiger partial charge on any atom is -0.443 e. The number of aryl methyl sites for hydroxylation is 1. The summed E-state index contributed by atoms with van der Waals surface area (Å²) in [6, 6.07) is 0. The van der Waals surface area contributed by atoms with Crippen LogP contribution in [0.4, 0.5) is 0 Å². The molecule has 9 heteroatoms. The third-order valence-electron chi connectivity index (χ3n) is 3.21. The van der Waals surface area contributed by atoms with Crippen molar-refractivity contribution in [1.82, 2.24) is 25.8 Å². The molecule has 0 fully saturated rings. The molecule has 0 saturated carbocycles. The number of oxazole rings is 1. The Labute approximate surface area is 165 Å². The van der Waals surface area contributed by atoms with Crippen LogP contribution in [0.2, 0.25) is 0 Å². The average molecular weight is 462 g/mol. The molecule has 2 aromatic heterocycles. The van der Waals surface area contributed by atoms with Crippen molar-refractivity contribution in [1.29, 1.82) is 0 Å². The Hall–Kier alpha value is -1.65. The molecule has 0 radical (unpaired) electrons. The van der Waals surface area contributed by atoms with E-state index >= 15 is 0 Å². The van der Waals surface area contributed by atoms with Crippen LogP contribution in [-0.4, -0.2) is 34.2 Å². The van der Waals surface area contributed by atoms with Crippen molar-refractivity contribution in [2.45, 2.75) is 53.0 Å². The van der Waals surface area contributed by atoms with Gasteiger partial charge in [0, 0.05) is 24.9 Å². The number of aliphatic imine (C=N–C) groups is 1. The third-order valence-corrected chi connectivity index (χ3v) is 3.21. The summed E-state index contributed by atoms with van der Waals surface area (Å²) in [6.07, 6.45) is 2.40. The number of nitrogens with zero attached hydrogens (tertiary/aromatic N) is 4. The summed E-state index contributed by atoms with van der Waals surface area (Å²) < 4.78 is 10.8. The van der Waals surface area contributed by atoms with Gasteiger partial charge in [0.1, 0.15) is 12.3 Å². The summed E-state index contributed by atoms with van der Waals surface area (Å²) >= 11 is 0. The molecule has 0 amide bonds. The molecule has 2 heterocycles. The SMILES string of the molecule is CCNC(=NCc1ncc(C(C)(C)C)o1)NCCc1nc(C)no1.I. The molecule has 2 aromatic rings. The largest absolute Gasteiger partial charge is 0.443 e. The minimum atomic E-state index is -0.0556. The summed E-state index contributed by atoms with van der Waals surface area (Å²) in [6.45, 7) is 11.9. The zero-order chi connectivity index (χ0) is 17.6. The highest BCUT2D eigenvalue weighted by atomic mass is 127. The van der Waals surface area contributed by atoms with Gasteiger partial charge < -0.3 is 19.6 Å². The summed E-state index contributed by atoms with van der Waals surface area (Å²) in [5.41, 5.74) is -0.0556. The van der Waals surface area contributed by atoms with E-state index < -0.39 is 0 Å². The van der Waals surface area contributed by atoms with Crippen LogP contribution < -0.4 is 10.6 Å². The van der Waals surface area contributed by atoms with E-state index in [1.807, 2.05) is 6.92 Å². The number of halogens is 1. The third kappa shape index (κ3) is 7.00. The molecule has 0 unspecified atom stereocenters. The van der Waals surface area contributed by atoms with Crippen LogP contribution in [0, 0.1) is 6.92 Å². The van der Waals surface area contributed by atoms with Crippen molar-refractivity contribution >= 4 is 29.9 Å². The van der Waals surface area contributed by atoms with Gasteiger partial charge in [-0.1, -0.05) is 25.9 Å². The van der Waals surface area contributed by atoms with Crippen molar-refractivity contribution in [2.75, 3.05) is 13.1 Å². The zero-order valence-corrected chi connectivity index (χ0v) is 17.7. The highest BCUT2D eigenvalue weighted by Gasteiger charge is 2.19. The molecule has 0 aliphatic carbocycles. The molecule has 0 bridgehead atoms. The highest BCUT2D eigenvalue weighted by molar-refractivity contribution is 14.0. The topological polar surface area (TPSA) is 101 Å². The molecule has 25 heavy (non-hydrogen) atoms. The number of rotatable bonds is 6. The summed E-state index contributed by atoms with van der Waals surface area (Å²) in [5.74, 6) is 3.41. The fourth-order valence-electron chi connectivity index (χ4n) is 1.95. The molecular formula is C16H27IN6O2. The average Bonchev–Trinajstić information content (AvgIpc) is 3.13. The molecule has 2 N–H and O–H groups in total. The highest BCUT2D eigenvalue weighted by Crippen LogP contribution is 2.22. The predicted molar refractivity (Wildman–Crippen MR) is 106 cm³/mol. The van der Waals surface area contributed by atoms with E-state index in [9.17, 15) is 0 Å². The summed E-state index contributed by atoms with van der Waals surface area (Å²) in [4.78, 5) is 12.9. The van der Waals surface area contributed by atoms with E-state index in [2.05, 4.69) is 51.5 Å². The van der Waals surface area contributed by atoms with Crippen molar-refractivity contribution in [3.63, 3.8) is 0 Å². The molecule has 0 aliphatic heterocycles. The Morgan fingerprint density at radius 1 is 1.24 bits per heavy atom. The van der Waals surface area contributed by atoms with Crippen LogP contribution in [0.1, 0.15) is 51.1 Å². The van der Waals surface area contributed by atoms with E-state index in [-0.39, 0.29) is 29.4 Å². The maximum atomic E-state index is 5.75. The lowest BCUT2D eigenvalue weighted by atomic mass is 9.94. The van der Waals surface area contributed by atoms with Crippen molar-refractivity contribution < 1.29 is 8.94 Å². The van der Waals surface area contributed by atoms with Crippen LogP contribution >= 0.6 is 24.0 Å². The number of hydrogen-bond donors (Lipinski definition) is 2. The second kappa shape index (κ2) is 9.73. The normalized spacial score (nSPS) is 12.0. The van der Waals surface area contributed by atoms with E-state index in [1.165, 1.54) is 0 Å². The van der Waals surface area contributed by atoms with Crippen LogP contribution in [-0.2, 0) is 18.4 Å². The number of aromatic nitrogens is 3. The van der Waals surface area contributed by atoms with Gasteiger partial charge in [-0.3, -0.25) is 0 Å². The standard InChI is InChI=1S/C16H26N6O2.HI/c1-6-17-15(18-8-7-13-21-11(2)22-24-13)20-10-14-19-9-12(23-14)16(3,4)5;/h9H,6-8,10H2,1-5H3,(H2,17,18,20);1H. The molecule has 2 rings (SSSR count). The van der Waals surface area contributed by atoms with Crippen molar-refractivity contribution in [3.8, 4) is 0 Å². The van der Waals surface area contributed by atoms with Gasteiger partial charge in [0.05, 0.1) is 6.20 Å². The van der Waals surface area contributed by atoms with Crippen LogP contribution in [0.3, 0.4) is 0 Å². The molecule has 8 nitrogen and oxygen atoms in total. The Bertz CT molecular complexity index is 674. The summed E-state index contributed by atoms with van der Waals surface area (Å²) in [5, 5.41) is 10.2. The molecule has 0 spiro atoms. The lowest BCUT2D eigenvalue weighted by molar-refractivity contribution is 0.374. The van der Waals surface area contributed by atoms with Gasteiger partial charge >= 0.3 is 0 Å². The minimum absolute atomic E-state index is 0. The van der Waals surface area contributed by atoms with E-state index in [0.29, 0.717) is 43.1 Å². The first-order valence-corrected chi connectivity index (χ1v) is 8.15. The van der Waals surface area contributed by atoms with Gasteiger partial charge in [-0.2, -0.15) is 4.98 Å². The Balaban J connectivity index is 0.00000312.